The number of rotatable bonds is 3. The summed E-state index contributed by atoms with van der Waals surface area (Å²) in [5, 5.41) is 0. The zero-order valence-electron chi connectivity index (χ0n) is 8.42. The quantitative estimate of drug-likeness (QED) is 0.697. The van der Waals surface area contributed by atoms with Crippen LogP contribution in [0.15, 0.2) is 0 Å². The molecule has 0 amide bonds. The summed E-state index contributed by atoms with van der Waals surface area (Å²) in [4.78, 5) is 2.43. The van der Waals surface area contributed by atoms with Gasteiger partial charge in [-0.15, -0.1) is 0 Å². The third-order valence-corrected chi connectivity index (χ3v) is 2.77. The van der Waals surface area contributed by atoms with Gasteiger partial charge in [-0.3, -0.25) is 0 Å². The van der Waals surface area contributed by atoms with Gasteiger partial charge in [0.15, 0.2) is 0 Å². The van der Waals surface area contributed by atoms with Crippen LogP contribution in [0.1, 0.15) is 39.0 Å². The molecule has 1 rings (SSSR count). The van der Waals surface area contributed by atoms with E-state index in [9.17, 15) is 0 Å². The molecule has 0 heterocycles. The molecule has 2 N–H and O–H groups in total. The highest BCUT2D eigenvalue weighted by molar-refractivity contribution is 4.75. The minimum Gasteiger partial charge on any atom is -0.327 e. The van der Waals surface area contributed by atoms with E-state index in [-0.39, 0.29) is 0 Å². The average Bonchev–Trinajstić information content (AvgIpc) is 2.05. The summed E-state index contributed by atoms with van der Waals surface area (Å²) < 4.78 is 0. The molecule has 0 aromatic heterocycles. The largest absolute Gasteiger partial charge is 0.327 e. The minimum absolute atomic E-state index is 0.317. The third kappa shape index (κ3) is 3.11. The Balaban J connectivity index is 2.24. The van der Waals surface area contributed by atoms with E-state index in [2.05, 4.69) is 18.9 Å². The molecule has 1 aliphatic rings. The molecule has 0 radical (unpaired) electrons. The number of hydrogen-bond acceptors (Lipinski definition) is 2. The van der Waals surface area contributed by atoms with Gasteiger partial charge >= 0.3 is 0 Å². The Hall–Kier alpha value is -0.0800. The first-order chi connectivity index (χ1) is 5.70. The van der Waals surface area contributed by atoms with Crippen LogP contribution in [-0.4, -0.2) is 30.6 Å². The van der Waals surface area contributed by atoms with Gasteiger partial charge in [-0.05, 0) is 26.8 Å². The van der Waals surface area contributed by atoms with Gasteiger partial charge in [0.25, 0.3) is 0 Å². The molecular formula is C10H22N2. The Kier molecular flexibility index (Phi) is 4.02. The Bertz CT molecular complexity index is 117. The molecule has 0 aliphatic heterocycles. The van der Waals surface area contributed by atoms with Crippen LogP contribution in [0.3, 0.4) is 0 Å². The Morgan fingerprint density at radius 1 is 1.33 bits per heavy atom. The second-order valence-corrected chi connectivity index (χ2v) is 4.21. The van der Waals surface area contributed by atoms with Gasteiger partial charge in [0.2, 0.25) is 0 Å². The van der Waals surface area contributed by atoms with Crippen molar-refractivity contribution >= 4 is 0 Å². The summed E-state index contributed by atoms with van der Waals surface area (Å²) >= 11 is 0. The van der Waals surface area contributed by atoms with Gasteiger partial charge in [0, 0.05) is 18.6 Å². The molecule has 72 valence electrons. The fourth-order valence-electron chi connectivity index (χ4n) is 2.13. The average molecular weight is 170 g/mol. The van der Waals surface area contributed by atoms with Crippen LogP contribution in [0, 0.1) is 0 Å². The highest BCUT2D eigenvalue weighted by Gasteiger charge is 2.17. The molecule has 2 nitrogen and oxygen atoms in total. The number of nitrogens with zero attached hydrogens (tertiary/aromatic N) is 1. The molecule has 1 aliphatic carbocycles. The zero-order chi connectivity index (χ0) is 8.97. The number of likely N-dealkylation sites (N-methyl/N-ethyl adjacent to an activating group) is 1. The van der Waals surface area contributed by atoms with E-state index in [0.29, 0.717) is 6.04 Å². The zero-order valence-corrected chi connectivity index (χ0v) is 8.42. The van der Waals surface area contributed by atoms with Crippen LogP contribution in [0.25, 0.3) is 0 Å². The normalized spacial score (nSPS) is 23.0. The minimum atomic E-state index is 0.317. The van der Waals surface area contributed by atoms with E-state index < -0.39 is 0 Å². The number of hydrogen-bond donors (Lipinski definition) is 1. The lowest BCUT2D eigenvalue weighted by molar-refractivity contribution is 0.185. The Morgan fingerprint density at radius 2 is 1.92 bits per heavy atom. The van der Waals surface area contributed by atoms with Gasteiger partial charge in [0.1, 0.15) is 0 Å². The van der Waals surface area contributed by atoms with Gasteiger partial charge in [-0.1, -0.05) is 19.3 Å². The fourth-order valence-corrected chi connectivity index (χ4v) is 2.13. The molecule has 0 saturated heterocycles. The molecule has 1 saturated carbocycles. The first-order valence-electron chi connectivity index (χ1n) is 5.16. The van der Waals surface area contributed by atoms with Crippen LogP contribution >= 0.6 is 0 Å². The fraction of sp³-hybridized carbons (Fsp3) is 1.00. The van der Waals surface area contributed by atoms with Crippen molar-refractivity contribution in [3.05, 3.63) is 0 Å². The lowest BCUT2D eigenvalue weighted by Crippen LogP contribution is -2.40. The molecule has 0 bridgehead atoms. The standard InChI is InChI=1S/C10H22N2/c1-9(11)8-12(2)10-6-4-3-5-7-10/h9-10H,3-8,11H2,1-2H3. The predicted octanol–water partition coefficient (Wildman–Crippen LogP) is 1.60. The smallest absolute Gasteiger partial charge is 0.0139 e. The highest BCUT2D eigenvalue weighted by atomic mass is 15.1. The summed E-state index contributed by atoms with van der Waals surface area (Å²) in [6, 6.07) is 1.13. The van der Waals surface area contributed by atoms with Crippen molar-refractivity contribution in [2.45, 2.75) is 51.1 Å². The Morgan fingerprint density at radius 3 is 2.42 bits per heavy atom. The van der Waals surface area contributed by atoms with Crippen LogP contribution in [0.5, 0.6) is 0 Å². The second kappa shape index (κ2) is 4.83. The van der Waals surface area contributed by atoms with Gasteiger partial charge in [0.05, 0.1) is 0 Å². The second-order valence-electron chi connectivity index (χ2n) is 4.21. The van der Waals surface area contributed by atoms with Crippen LogP contribution in [-0.2, 0) is 0 Å². The van der Waals surface area contributed by atoms with E-state index in [1.54, 1.807) is 0 Å². The summed E-state index contributed by atoms with van der Waals surface area (Å²) in [6.45, 7) is 3.13. The number of nitrogens with two attached hydrogens (primary N) is 1. The third-order valence-electron chi connectivity index (χ3n) is 2.77. The maximum Gasteiger partial charge on any atom is 0.0139 e. The van der Waals surface area contributed by atoms with E-state index in [1.165, 1.54) is 32.1 Å². The van der Waals surface area contributed by atoms with E-state index in [0.717, 1.165) is 12.6 Å². The van der Waals surface area contributed by atoms with Crippen molar-refractivity contribution in [2.24, 2.45) is 5.73 Å². The maximum absolute atomic E-state index is 5.76. The maximum atomic E-state index is 5.76. The summed E-state index contributed by atoms with van der Waals surface area (Å²) in [6.07, 6.45) is 7.01. The van der Waals surface area contributed by atoms with Crippen molar-refractivity contribution in [3.63, 3.8) is 0 Å². The molecule has 0 aromatic rings. The topological polar surface area (TPSA) is 29.3 Å². The van der Waals surface area contributed by atoms with Crippen molar-refractivity contribution < 1.29 is 0 Å². The monoisotopic (exact) mass is 170 g/mol. The van der Waals surface area contributed by atoms with Crippen molar-refractivity contribution in [3.8, 4) is 0 Å². The van der Waals surface area contributed by atoms with Gasteiger partial charge in [-0.2, -0.15) is 0 Å². The Labute approximate surface area is 76.1 Å². The van der Waals surface area contributed by atoms with Crippen molar-refractivity contribution in [2.75, 3.05) is 13.6 Å². The van der Waals surface area contributed by atoms with Gasteiger partial charge in [-0.25, -0.2) is 0 Å². The molecule has 0 spiro atoms. The van der Waals surface area contributed by atoms with Gasteiger partial charge < -0.3 is 10.6 Å². The molecule has 1 fully saturated rings. The molecule has 12 heavy (non-hydrogen) atoms. The molecular weight excluding hydrogens is 148 g/mol. The summed E-state index contributed by atoms with van der Waals surface area (Å²) in [7, 11) is 2.21. The van der Waals surface area contributed by atoms with Crippen molar-refractivity contribution in [1.29, 1.82) is 0 Å². The lowest BCUT2D eigenvalue weighted by Gasteiger charge is -2.32. The van der Waals surface area contributed by atoms with Crippen LogP contribution in [0.2, 0.25) is 0 Å². The van der Waals surface area contributed by atoms with Crippen LogP contribution in [0.4, 0.5) is 0 Å². The highest BCUT2D eigenvalue weighted by Crippen LogP contribution is 2.21. The summed E-state index contributed by atoms with van der Waals surface area (Å²) in [5.74, 6) is 0. The first-order valence-corrected chi connectivity index (χ1v) is 5.16. The molecule has 0 aromatic carbocycles. The SMILES string of the molecule is CC(N)CN(C)C1CCCCC1. The first kappa shape index (κ1) is 10.0. The van der Waals surface area contributed by atoms with E-state index in [1.807, 2.05) is 0 Å². The molecule has 1 atom stereocenters. The van der Waals surface area contributed by atoms with E-state index >= 15 is 0 Å². The van der Waals surface area contributed by atoms with Crippen molar-refractivity contribution in [1.82, 2.24) is 4.90 Å². The molecule has 2 heteroatoms. The van der Waals surface area contributed by atoms with E-state index in [4.69, 9.17) is 5.73 Å². The summed E-state index contributed by atoms with van der Waals surface area (Å²) in [5.41, 5.74) is 5.76. The predicted molar refractivity (Wildman–Crippen MR) is 53.2 cm³/mol. The molecule has 1 unspecified atom stereocenters. The van der Waals surface area contributed by atoms with Crippen LogP contribution < -0.4 is 5.73 Å². The lowest BCUT2D eigenvalue weighted by atomic mass is 9.94.